The van der Waals surface area contributed by atoms with Gasteiger partial charge in [0.15, 0.2) is 0 Å². The summed E-state index contributed by atoms with van der Waals surface area (Å²) in [6.07, 6.45) is 3.63. The second-order valence-corrected chi connectivity index (χ2v) is 3.79. The van der Waals surface area contributed by atoms with E-state index in [4.69, 9.17) is 16.3 Å². The summed E-state index contributed by atoms with van der Waals surface area (Å²) in [5, 5.41) is 4.63. The van der Waals surface area contributed by atoms with Crippen LogP contribution >= 0.6 is 11.6 Å². The molecule has 1 aromatic heterocycles. The average Bonchev–Trinajstić information content (AvgIpc) is 2.73. The molecular formula is C9H11ClN2O2. The molecule has 2 rings (SSSR count). The lowest BCUT2D eigenvalue weighted by atomic mass is 10.1. The van der Waals surface area contributed by atoms with E-state index in [0.29, 0.717) is 5.02 Å². The molecule has 1 fully saturated rings. The van der Waals surface area contributed by atoms with Crippen molar-refractivity contribution in [3.63, 3.8) is 0 Å². The second-order valence-electron chi connectivity index (χ2n) is 3.38. The van der Waals surface area contributed by atoms with E-state index in [1.54, 1.807) is 10.9 Å². The fourth-order valence-corrected chi connectivity index (χ4v) is 2.03. The number of carbonyl (C=O) groups excluding carboxylic acids is 1. The minimum absolute atomic E-state index is 0.0924. The maximum absolute atomic E-state index is 10.5. The van der Waals surface area contributed by atoms with Crippen LogP contribution in [0.25, 0.3) is 0 Å². The number of nitrogens with zero attached hydrogens (tertiary/aromatic N) is 2. The Kier molecular flexibility index (Phi) is 2.56. The summed E-state index contributed by atoms with van der Waals surface area (Å²) in [7, 11) is 1.82. The van der Waals surface area contributed by atoms with Crippen LogP contribution in [0.3, 0.4) is 0 Å². The highest BCUT2D eigenvalue weighted by atomic mass is 35.5. The normalized spacial score (nSPS) is 26.7. The van der Waals surface area contributed by atoms with Crippen LogP contribution in [0, 0.1) is 0 Å². The van der Waals surface area contributed by atoms with Gasteiger partial charge in [-0.05, 0) is 12.8 Å². The van der Waals surface area contributed by atoms with Crippen molar-refractivity contribution in [2.75, 3.05) is 0 Å². The third-order valence-electron chi connectivity index (χ3n) is 2.45. The maximum atomic E-state index is 10.5. The minimum Gasteiger partial charge on any atom is -0.361 e. The van der Waals surface area contributed by atoms with Gasteiger partial charge >= 0.3 is 0 Å². The molecule has 1 aliphatic heterocycles. The fourth-order valence-electron chi connectivity index (χ4n) is 1.75. The van der Waals surface area contributed by atoms with Crippen LogP contribution in [0.4, 0.5) is 0 Å². The van der Waals surface area contributed by atoms with E-state index in [9.17, 15) is 4.79 Å². The van der Waals surface area contributed by atoms with E-state index >= 15 is 0 Å². The quantitative estimate of drug-likeness (QED) is 0.701. The van der Waals surface area contributed by atoms with Crippen LogP contribution in [0.5, 0.6) is 0 Å². The number of hydrogen-bond acceptors (Lipinski definition) is 3. The molecule has 14 heavy (non-hydrogen) atoms. The van der Waals surface area contributed by atoms with Gasteiger partial charge in [-0.3, -0.25) is 4.68 Å². The Balaban J connectivity index is 2.20. The molecule has 0 saturated carbocycles. The van der Waals surface area contributed by atoms with Gasteiger partial charge in [-0.2, -0.15) is 5.10 Å². The predicted octanol–water partition coefficient (Wildman–Crippen LogP) is 1.49. The van der Waals surface area contributed by atoms with Crippen molar-refractivity contribution in [3.05, 3.63) is 16.9 Å². The molecule has 2 atom stereocenters. The third-order valence-corrected chi connectivity index (χ3v) is 2.74. The first-order valence-electron chi connectivity index (χ1n) is 4.50. The highest BCUT2D eigenvalue weighted by Crippen LogP contribution is 2.35. The predicted molar refractivity (Wildman–Crippen MR) is 51.1 cm³/mol. The number of aryl methyl sites for hydroxylation is 1. The van der Waals surface area contributed by atoms with Gasteiger partial charge in [0.2, 0.25) is 0 Å². The molecule has 0 radical (unpaired) electrons. The van der Waals surface area contributed by atoms with E-state index in [1.807, 2.05) is 7.05 Å². The van der Waals surface area contributed by atoms with Crippen molar-refractivity contribution < 1.29 is 9.53 Å². The van der Waals surface area contributed by atoms with Gasteiger partial charge in [-0.1, -0.05) is 11.6 Å². The zero-order valence-corrected chi connectivity index (χ0v) is 8.57. The molecule has 76 valence electrons. The number of carbonyl (C=O) groups is 1. The number of ether oxygens (including phenoxy) is 1. The molecule has 2 heterocycles. The highest BCUT2D eigenvalue weighted by Gasteiger charge is 2.29. The molecule has 0 N–H and O–H groups in total. The Morgan fingerprint density at radius 1 is 1.71 bits per heavy atom. The first kappa shape index (κ1) is 9.68. The van der Waals surface area contributed by atoms with Gasteiger partial charge in [0.25, 0.3) is 0 Å². The van der Waals surface area contributed by atoms with Crippen molar-refractivity contribution in [3.8, 4) is 0 Å². The lowest BCUT2D eigenvalue weighted by Gasteiger charge is -2.11. The van der Waals surface area contributed by atoms with Gasteiger partial charge in [0.05, 0.1) is 16.9 Å². The summed E-state index contributed by atoms with van der Waals surface area (Å²) in [4.78, 5) is 10.5. The van der Waals surface area contributed by atoms with E-state index in [-0.39, 0.29) is 12.2 Å². The highest BCUT2D eigenvalue weighted by molar-refractivity contribution is 6.31. The Bertz CT molecular complexity index is 331. The summed E-state index contributed by atoms with van der Waals surface area (Å²) >= 11 is 5.96. The van der Waals surface area contributed by atoms with Crippen LogP contribution in [-0.4, -0.2) is 22.2 Å². The lowest BCUT2D eigenvalue weighted by molar-refractivity contribution is -0.117. The Labute approximate surface area is 86.8 Å². The minimum atomic E-state index is -0.286. The van der Waals surface area contributed by atoms with Crippen molar-refractivity contribution >= 4 is 17.9 Å². The van der Waals surface area contributed by atoms with E-state index in [1.165, 1.54) is 0 Å². The molecule has 4 nitrogen and oxygen atoms in total. The third kappa shape index (κ3) is 1.55. The number of hydrogen-bond donors (Lipinski definition) is 0. The zero-order chi connectivity index (χ0) is 10.1. The standard InChI is InChI=1S/C9H11ClN2O2/c1-12-9(7(10)4-11-12)8-3-2-6(5-13)14-8/h4-6,8H,2-3H2,1H3. The molecule has 2 unspecified atom stereocenters. The summed E-state index contributed by atoms with van der Waals surface area (Å²) in [5.41, 5.74) is 0.857. The van der Waals surface area contributed by atoms with E-state index in [2.05, 4.69) is 5.10 Å². The Morgan fingerprint density at radius 2 is 2.50 bits per heavy atom. The summed E-state index contributed by atoms with van der Waals surface area (Å²) in [6, 6.07) is 0. The molecule has 1 aromatic rings. The average molecular weight is 215 g/mol. The second kappa shape index (κ2) is 3.71. The first-order valence-corrected chi connectivity index (χ1v) is 4.88. The van der Waals surface area contributed by atoms with Crippen LogP contribution in [-0.2, 0) is 16.6 Å². The Morgan fingerprint density at radius 3 is 3.00 bits per heavy atom. The fraction of sp³-hybridized carbons (Fsp3) is 0.556. The van der Waals surface area contributed by atoms with E-state index < -0.39 is 0 Å². The van der Waals surface area contributed by atoms with Crippen LogP contribution in [0.15, 0.2) is 6.20 Å². The molecule has 0 bridgehead atoms. The SMILES string of the molecule is Cn1ncc(Cl)c1C1CCC(C=O)O1. The molecule has 1 aliphatic rings. The molecule has 0 aromatic carbocycles. The first-order chi connectivity index (χ1) is 6.72. The summed E-state index contributed by atoms with van der Waals surface area (Å²) in [6.45, 7) is 0. The molecule has 5 heteroatoms. The van der Waals surface area contributed by atoms with Crippen LogP contribution < -0.4 is 0 Å². The van der Waals surface area contributed by atoms with Crippen LogP contribution in [0.1, 0.15) is 24.6 Å². The molecule has 0 amide bonds. The molecule has 0 aliphatic carbocycles. The topological polar surface area (TPSA) is 44.1 Å². The lowest BCUT2D eigenvalue weighted by Crippen LogP contribution is -2.10. The monoisotopic (exact) mass is 214 g/mol. The van der Waals surface area contributed by atoms with Gasteiger partial charge in [0.1, 0.15) is 18.5 Å². The molecule has 0 spiro atoms. The number of aromatic nitrogens is 2. The van der Waals surface area contributed by atoms with Crippen LogP contribution in [0.2, 0.25) is 5.02 Å². The number of halogens is 1. The summed E-state index contributed by atoms with van der Waals surface area (Å²) < 4.78 is 7.20. The van der Waals surface area contributed by atoms with E-state index in [0.717, 1.165) is 24.8 Å². The largest absolute Gasteiger partial charge is 0.361 e. The summed E-state index contributed by atoms with van der Waals surface area (Å²) in [5.74, 6) is 0. The van der Waals surface area contributed by atoms with Crippen molar-refractivity contribution in [2.24, 2.45) is 7.05 Å². The Hall–Kier alpha value is -0.870. The zero-order valence-electron chi connectivity index (χ0n) is 7.81. The van der Waals surface area contributed by atoms with Gasteiger partial charge in [0, 0.05) is 7.05 Å². The molecule has 1 saturated heterocycles. The van der Waals surface area contributed by atoms with Gasteiger partial charge in [-0.25, -0.2) is 0 Å². The number of rotatable bonds is 2. The van der Waals surface area contributed by atoms with Crippen molar-refractivity contribution in [1.82, 2.24) is 9.78 Å². The molecular weight excluding hydrogens is 204 g/mol. The smallest absolute Gasteiger partial charge is 0.148 e. The van der Waals surface area contributed by atoms with Gasteiger partial charge < -0.3 is 9.53 Å². The number of aldehydes is 1. The maximum Gasteiger partial charge on any atom is 0.148 e. The van der Waals surface area contributed by atoms with Gasteiger partial charge in [-0.15, -0.1) is 0 Å². The van der Waals surface area contributed by atoms with Crippen molar-refractivity contribution in [2.45, 2.75) is 25.0 Å². The van der Waals surface area contributed by atoms with Crippen molar-refractivity contribution in [1.29, 1.82) is 0 Å².